The van der Waals surface area contributed by atoms with Gasteiger partial charge >= 0.3 is 0 Å². The fraction of sp³-hybridized carbons (Fsp3) is 0.615. The molecule has 0 aromatic heterocycles. The van der Waals surface area contributed by atoms with Crippen molar-refractivity contribution < 1.29 is 38.4 Å². The molecule has 8 amide bonds. The van der Waals surface area contributed by atoms with Gasteiger partial charge in [-0.3, -0.25) is 38.4 Å². The van der Waals surface area contributed by atoms with Crippen molar-refractivity contribution >= 4 is 70.8 Å². The maximum absolute atomic E-state index is 14.6. The molecule has 10 atom stereocenters. The topological polar surface area (TPSA) is 239 Å². The maximum atomic E-state index is 14.6. The third-order valence-corrected chi connectivity index (χ3v) is 17.7. The molecule has 4 aliphatic heterocycles. The highest BCUT2D eigenvalue weighted by molar-refractivity contribution is 8.00. The Balaban J connectivity index is 1.00. The molecule has 392 valence electrons. The zero-order valence-electron chi connectivity index (χ0n) is 42.7. The van der Waals surface area contributed by atoms with Gasteiger partial charge in [0.05, 0.1) is 22.8 Å². The second kappa shape index (κ2) is 23.4. The van der Waals surface area contributed by atoms with Crippen molar-refractivity contribution in [2.75, 3.05) is 25.6 Å². The molecular weight excluding hydrogens is 957 g/mol. The van der Waals surface area contributed by atoms with Gasteiger partial charge < -0.3 is 52.3 Å². The van der Waals surface area contributed by atoms with Crippen LogP contribution >= 0.6 is 23.5 Å². The molecule has 72 heavy (non-hydrogen) atoms. The van der Waals surface area contributed by atoms with E-state index in [2.05, 4.69) is 42.5 Å². The first kappa shape index (κ1) is 54.6. The first-order chi connectivity index (χ1) is 34.2. The van der Waals surface area contributed by atoms with Gasteiger partial charge in [-0.15, -0.1) is 23.5 Å². The Bertz CT molecular complexity index is 2160. The molecule has 0 spiro atoms. The smallest absolute Gasteiger partial charge is 0.247 e. The summed E-state index contributed by atoms with van der Waals surface area (Å²) >= 11 is 3.20. The highest BCUT2D eigenvalue weighted by Gasteiger charge is 2.56. The Morgan fingerprint density at radius 2 is 0.875 bits per heavy atom. The molecule has 2 aromatic carbocycles. The minimum atomic E-state index is -1.07. The summed E-state index contributed by atoms with van der Waals surface area (Å²) in [5.74, 6) is -1.69. The highest BCUT2D eigenvalue weighted by Crippen LogP contribution is 2.48. The van der Waals surface area contributed by atoms with Crippen molar-refractivity contribution in [3.63, 3.8) is 0 Å². The van der Waals surface area contributed by atoms with Crippen LogP contribution in [0.2, 0.25) is 0 Å². The number of thioether (sulfide) groups is 2. The van der Waals surface area contributed by atoms with Crippen LogP contribution in [0, 0.1) is 10.8 Å². The fourth-order valence-corrected chi connectivity index (χ4v) is 14.0. The number of benzene rings is 2. The molecule has 0 unspecified atom stereocenters. The zero-order chi connectivity index (χ0) is 52.1. The van der Waals surface area contributed by atoms with Crippen molar-refractivity contribution in [3.05, 3.63) is 71.8 Å². The molecular formula is C52H74N10O8S2. The summed E-state index contributed by atoms with van der Waals surface area (Å²) in [5.41, 5.74) is -0.120. The number of amides is 8. The Kier molecular flexibility index (Phi) is 17.7. The second-order valence-corrected chi connectivity index (χ2v) is 23.9. The molecule has 4 heterocycles. The molecule has 7 rings (SSSR count). The van der Waals surface area contributed by atoms with Gasteiger partial charge in [0.2, 0.25) is 47.3 Å². The van der Waals surface area contributed by atoms with E-state index < -0.39 is 82.8 Å². The van der Waals surface area contributed by atoms with Gasteiger partial charge in [-0.25, -0.2) is 0 Å². The average molecular weight is 1030 g/mol. The lowest BCUT2D eigenvalue weighted by Gasteiger charge is -2.36. The summed E-state index contributed by atoms with van der Waals surface area (Å²) in [6, 6.07) is 10.9. The molecule has 1 aliphatic carbocycles. The predicted octanol–water partition coefficient (Wildman–Crippen LogP) is 2.61. The number of carbonyl (C=O) groups is 8. The van der Waals surface area contributed by atoms with E-state index in [-0.39, 0.29) is 46.5 Å². The van der Waals surface area contributed by atoms with E-state index in [1.165, 1.54) is 0 Å². The van der Waals surface area contributed by atoms with Crippen molar-refractivity contribution in [1.29, 1.82) is 0 Å². The molecule has 0 radical (unpaired) electrons. The van der Waals surface area contributed by atoms with Gasteiger partial charge in [0.15, 0.2) is 0 Å². The van der Waals surface area contributed by atoms with Crippen molar-refractivity contribution in [2.45, 2.75) is 164 Å². The normalized spacial score (nSPS) is 28.3. The van der Waals surface area contributed by atoms with E-state index in [0.717, 1.165) is 0 Å². The van der Waals surface area contributed by atoms with Crippen LogP contribution in [0.1, 0.15) is 116 Å². The number of carbonyl (C=O) groups excluding carboxylic acids is 8. The molecule has 1 saturated carbocycles. The van der Waals surface area contributed by atoms with Crippen LogP contribution < -0.4 is 42.5 Å². The first-order valence-corrected chi connectivity index (χ1v) is 27.5. The molecule has 5 aliphatic rings. The first-order valence-electron chi connectivity index (χ1n) is 25.4. The summed E-state index contributed by atoms with van der Waals surface area (Å²) in [7, 11) is 3.35. The lowest BCUT2D eigenvalue weighted by atomic mass is 9.83. The number of fused-ring (bicyclic) bond motifs is 2. The van der Waals surface area contributed by atoms with Gasteiger partial charge in [-0.1, -0.05) is 88.4 Å². The lowest BCUT2D eigenvalue weighted by Crippen LogP contribution is -2.59. The standard InChI is InChI=1S/C52H74N10O8S2/c1-29(53-7)43(63)57-35-23-25-71-37-27-51(3,4)41(61(37)49(35)69)47(67)59-39(31-15-11-9-12-16-31)45(65)55-33-19-21-34(22-20-33)56-46(66)40(32-17-13-10-14-18-32)60-48(68)42-52(5,6)28-38-62(42)50(70)36(24-26-72-38)58-44(64)30(2)54-8/h9-18,29-30,33-42,53-54H,19-28H2,1-8H3,(H,55,65)(H,56,66)(H,57,63)(H,58,64)(H,59,67)(H,60,68)/t29-,30-,33-,34-,35-,36-,37-,38-,39-,40-,41+,42+/m0/s1. The quantitative estimate of drug-likeness (QED) is 0.121. The minimum absolute atomic E-state index is 0.268. The molecule has 5 fully saturated rings. The van der Waals surface area contributed by atoms with E-state index in [0.29, 0.717) is 74.0 Å². The number of hydrogen-bond acceptors (Lipinski definition) is 12. The summed E-state index contributed by atoms with van der Waals surface area (Å²) in [4.78, 5) is 115. The third-order valence-electron chi connectivity index (χ3n) is 15.2. The molecule has 0 bridgehead atoms. The van der Waals surface area contributed by atoms with Crippen molar-refractivity contribution in [1.82, 2.24) is 52.3 Å². The zero-order valence-corrected chi connectivity index (χ0v) is 44.4. The van der Waals surface area contributed by atoms with E-state index in [4.69, 9.17) is 0 Å². The van der Waals surface area contributed by atoms with Gasteiger partial charge in [0, 0.05) is 12.1 Å². The predicted molar refractivity (Wildman–Crippen MR) is 278 cm³/mol. The fourth-order valence-electron chi connectivity index (χ4n) is 10.8. The molecule has 2 aromatic rings. The minimum Gasteiger partial charge on any atom is -0.351 e. The van der Waals surface area contributed by atoms with E-state index in [9.17, 15) is 38.4 Å². The van der Waals surface area contributed by atoms with Gasteiger partial charge in [-0.05, 0) is 113 Å². The van der Waals surface area contributed by atoms with Gasteiger partial charge in [0.1, 0.15) is 36.3 Å². The van der Waals surface area contributed by atoms with Crippen LogP contribution in [0.4, 0.5) is 0 Å². The Morgan fingerprint density at radius 1 is 0.528 bits per heavy atom. The van der Waals surface area contributed by atoms with Crippen LogP contribution in [0.15, 0.2) is 60.7 Å². The number of hydrogen-bond donors (Lipinski definition) is 8. The number of rotatable bonds is 16. The third kappa shape index (κ3) is 12.2. The maximum Gasteiger partial charge on any atom is 0.247 e. The second-order valence-electron chi connectivity index (χ2n) is 21.3. The van der Waals surface area contributed by atoms with Crippen LogP contribution in [0.5, 0.6) is 0 Å². The summed E-state index contributed by atoms with van der Waals surface area (Å²) < 4.78 is 0. The number of nitrogens with zero attached hydrogens (tertiary/aromatic N) is 2. The van der Waals surface area contributed by atoms with E-state index >= 15 is 0 Å². The molecule has 4 saturated heterocycles. The van der Waals surface area contributed by atoms with E-state index in [1.807, 2.05) is 39.8 Å². The van der Waals surface area contributed by atoms with Crippen LogP contribution in [0.3, 0.4) is 0 Å². The molecule has 20 heteroatoms. The number of nitrogens with one attached hydrogen (secondary N) is 8. The van der Waals surface area contributed by atoms with E-state index in [1.54, 1.807) is 110 Å². The Morgan fingerprint density at radius 3 is 1.21 bits per heavy atom. The van der Waals surface area contributed by atoms with Crippen LogP contribution in [-0.4, -0.2) is 142 Å². The van der Waals surface area contributed by atoms with Gasteiger partial charge in [-0.2, -0.15) is 0 Å². The number of likely N-dealkylation sites (N-methyl/N-ethyl adjacent to an activating group) is 2. The monoisotopic (exact) mass is 1030 g/mol. The van der Waals surface area contributed by atoms with Crippen molar-refractivity contribution in [2.24, 2.45) is 10.8 Å². The Hall–Kier alpha value is -5.18. The lowest BCUT2D eigenvalue weighted by molar-refractivity contribution is -0.144. The van der Waals surface area contributed by atoms with Gasteiger partial charge in [0.25, 0.3) is 0 Å². The SMILES string of the molecule is CN[C@@H](C)C(=O)N[C@H]1CCS[C@H]2CC(C)(C)[C@@H](C(=O)N[C@H](C(=O)N[C@H]3CC[C@H](NC(=O)[C@@H](NC(=O)[C@H]4N5C(=O)[C@@H](NC(=O)[C@H](C)NC)CCS[C@H]5CC4(C)C)c4ccccc4)CC3)c3ccccc3)N2C1=O. The van der Waals surface area contributed by atoms with Crippen LogP contribution in [-0.2, 0) is 38.4 Å². The summed E-state index contributed by atoms with van der Waals surface area (Å²) in [6.45, 7) is 11.2. The van der Waals surface area contributed by atoms with Crippen LogP contribution in [0.25, 0.3) is 0 Å². The van der Waals surface area contributed by atoms with Crippen molar-refractivity contribution in [3.8, 4) is 0 Å². The summed E-state index contributed by atoms with van der Waals surface area (Å²) in [5, 5.41) is 23.5. The largest absolute Gasteiger partial charge is 0.351 e. The Labute approximate surface area is 432 Å². The molecule has 18 nitrogen and oxygen atoms in total. The highest BCUT2D eigenvalue weighted by atomic mass is 32.2. The summed E-state index contributed by atoms with van der Waals surface area (Å²) in [6.07, 6.45) is 4.11. The average Bonchev–Trinajstić information content (AvgIpc) is 3.68. The molecule has 8 N–H and O–H groups in total.